The van der Waals surface area contributed by atoms with Gasteiger partial charge in [0.2, 0.25) is 0 Å². The Morgan fingerprint density at radius 2 is 2.21 bits per heavy atom. The minimum atomic E-state index is 0.250. The van der Waals surface area contributed by atoms with Crippen molar-refractivity contribution in [1.82, 2.24) is 9.78 Å². The summed E-state index contributed by atoms with van der Waals surface area (Å²) in [4.78, 5) is 0. The third kappa shape index (κ3) is 1.65. The summed E-state index contributed by atoms with van der Waals surface area (Å²) in [5, 5.41) is 13.6. The Morgan fingerprint density at radius 1 is 1.43 bits per heavy atom. The molecule has 0 atom stereocenters. The van der Waals surface area contributed by atoms with Gasteiger partial charge in [-0.05, 0) is 28.1 Å². The van der Waals surface area contributed by atoms with E-state index in [-0.39, 0.29) is 5.75 Å². The van der Waals surface area contributed by atoms with Crippen LogP contribution in [0.3, 0.4) is 0 Å². The molecule has 1 aromatic heterocycles. The number of hydrogen-bond acceptors (Lipinski definition) is 2. The van der Waals surface area contributed by atoms with Gasteiger partial charge in [-0.2, -0.15) is 5.10 Å². The Labute approximate surface area is 90.1 Å². The molecule has 0 aliphatic heterocycles. The van der Waals surface area contributed by atoms with Crippen LogP contribution < -0.4 is 0 Å². The maximum absolute atomic E-state index is 9.32. The lowest BCUT2D eigenvalue weighted by molar-refractivity contribution is 0.475. The van der Waals surface area contributed by atoms with Crippen LogP contribution in [0.5, 0.6) is 5.75 Å². The van der Waals surface area contributed by atoms with E-state index < -0.39 is 0 Å². The van der Waals surface area contributed by atoms with Crippen LogP contribution in [0.1, 0.15) is 0 Å². The van der Waals surface area contributed by atoms with Crippen molar-refractivity contribution in [3.63, 3.8) is 0 Å². The molecule has 1 N–H and O–H groups in total. The van der Waals surface area contributed by atoms with Gasteiger partial charge in [-0.25, -0.2) is 0 Å². The van der Waals surface area contributed by atoms with Crippen LogP contribution in [0.25, 0.3) is 11.3 Å². The highest BCUT2D eigenvalue weighted by molar-refractivity contribution is 9.10. The molecular formula is C10H9BrN2O. The van der Waals surface area contributed by atoms with Gasteiger partial charge in [-0.1, -0.05) is 12.1 Å². The topological polar surface area (TPSA) is 38.0 Å². The lowest BCUT2D eigenvalue weighted by atomic mass is 10.1. The molecule has 0 amide bonds. The molecule has 0 saturated carbocycles. The first kappa shape index (κ1) is 9.27. The summed E-state index contributed by atoms with van der Waals surface area (Å²) in [7, 11) is 1.86. The van der Waals surface area contributed by atoms with Crippen molar-refractivity contribution in [1.29, 1.82) is 0 Å². The Hall–Kier alpha value is -1.29. The fourth-order valence-corrected chi connectivity index (χ4v) is 1.91. The molecule has 0 spiro atoms. The molecule has 1 aromatic carbocycles. The number of aromatic nitrogens is 2. The van der Waals surface area contributed by atoms with E-state index >= 15 is 0 Å². The largest absolute Gasteiger partial charge is 0.508 e. The maximum Gasteiger partial charge on any atom is 0.116 e. The van der Waals surface area contributed by atoms with Crippen LogP contribution in [0.4, 0.5) is 0 Å². The number of aromatic hydroxyl groups is 1. The first-order valence-electron chi connectivity index (χ1n) is 4.15. The zero-order chi connectivity index (χ0) is 10.1. The average Bonchev–Trinajstić information content (AvgIpc) is 2.45. The molecule has 0 aliphatic rings. The monoisotopic (exact) mass is 252 g/mol. The second-order valence-corrected chi connectivity index (χ2v) is 3.90. The lowest BCUT2D eigenvalue weighted by Crippen LogP contribution is -1.87. The van der Waals surface area contributed by atoms with E-state index in [1.54, 1.807) is 22.9 Å². The van der Waals surface area contributed by atoms with Crippen LogP contribution in [-0.2, 0) is 7.05 Å². The molecule has 3 nitrogen and oxygen atoms in total. The van der Waals surface area contributed by atoms with E-state index in [9.17, 15) is 5.11 Å². The molecule has 4 heteroatoms. The summed E-state index contributed by atoms with van der Waals surface area (Å²) in [6.07, 6.45) is 1.87. The minimum Gasteiger partial charge on any atom is -0.508 e. The van der Waals surface area contributed by atoms with Gasteiger partial charge in [-0.3, -0.25) is 4.68 Å². The molecule has 1 heterocycles. The molecule has 0 unspecified atom stereocenters. The van der Waals surface area contributed by atoms with Crippen molar-refractivity contribution in [2.45, 2.75) is 0 Å². The maximum atomic E-state index is 9.32. The number of halogens is 1. The highest BCUT2D eigenvalue weighted by Crippen LogP contribution is 2.28. The van der Waals surface area contributed by atoms with Crippen molar-refractivity contribution in [2.75, 3.05) is 0 Å². The zero-order valence-corrected chi connectivity index (χ0v) is 9.19. The average molecular weight is 253 g/mol. The molecule has 0 fully saturated rings. The molecular weight excluding hydrogens is 244 g/mol. The SMILES string of the molecule is Cn1cc(Br)c(-c2cccc(O)c2)n1. The van der Waals surface area contributed by atoms with Crippen molar-refractivity contribution in [3.05, 3.63) is 34.9 Å². The quantitative estimate of drug-likeness (QED) is 0.848. The van der Waals surface area contributed by atoms with Crippen LogP contribution in [0.2, 0.25) is 0 Å². The van der Waals surface area contributed by atoms with Crippen LogP contribution in [0, 0.1) is 0 Å². The summed E-state index contributed by atoms with van der Waals surface area (Å²) in [6.45, 7) is 0. The molecule has 0 radical (unpaired) electrons. The minimum absolute atomic E-state index is 0.250. The molecule has 2 rings (SSSR count). The Balaban J connectivity index is 2.54. The molecule has 0 saturated heterocycles. The van der Waals surface area contributed by atoms with Crippen LogP contribution in [0.15, 0.2) is 34.9 Å². The lowest BCUT2D eigenvalue weighted by Gasteiger charge is -1.98. The first-order valence-corrected chi connectivity index (χ1v) is 4.94. The Kier molecular flexibility index (Phi) is 2.29. The highest BCUT2D eigenvalue weighted by Gasteiger charge is 2.07. The molecule has 14 heavy (non-hydrogen) atoms. The van der Waals surface area contributed by atoms with Gasteiger partial charge in [-0.15, -0.1) is 0 Å². The van der Waals surface area contributed by atoms with Crippen LogP contribution in [-0.4, -0.2) is 14.9 Å². The van der Waals surface area contributed by atoms with E-state index in [0.717, 1.165) is 15.7 Å². The van der Waals surface area contributed by atoms with Crippen LogP contribution >= 0.6 is 15.9 Å². The summed E-state index contributed by atoms with van der Waals surface area (Å²) in [5.41, 5.74) is 1.74. The van der Waals surface area contributed by atoms with Gasteiger partial charge in [0.1, 0.15) is 11.4 Å². The fourth-order valence-electron chi connectivity index (χ4n) is 1.31. The van der Waals surface area contributed by atoms with Crippen molar-refractivity contribution >= 4 is 15.9 Å². The van der Waals surface area contributed by atoms with Crippen molar-refractivity contribution in [3.8, 4) is 17.0 Å². The third-order valence-electron chi connectivity index (χ3n) is 1.90. The van der Waals surface area contributed by atoms with Gasteiger partial charge in [0.05, 0.1) is 4.47 Å². The summed E-state index contributed by atoms with van der Waals surface area (Å²) >= 11 is 3.41. The zero-order valence-electron chi connectivity index (χ0n) is 7.61. The number of hydrogen-bond donors (Lipinski definition) is 1. The van der Waals surface area contributed by atoms with Gasteiger partial charge in [0, 0.05) is 18.8 Å². The van der Waals surface area contributed by atoms with E-state index in [1.165, 1.54) is 0 Å². The number of aryl methyl sites for hydroxylation is 1. The van der Waals surface area contributed by atoms with E-state index in [4.69, 9.17) is 0 Å². The molecule has 2 aromatic rings. The first-order chi connectivity index (χ1) is 6.66. The number of phenolic OH excluding ortho intramolecular Hbond substituents is 1. The molecule has 0 bridgehead atoms. The second-order valence-electron chi connectivity index (χ2n) is 3.05. The Bertz CT molecular complexity index is 465. The smallest absolute Gasteiger partial charge is 0.116 e. The number of phenols is 1. The summed E-state index contributed by atoms with van der Waals surface area (Å²) in [6, 6.07) is 7.03. The third-order valence-corrected chi connectivity index (χ3v) is 2.48. The number of nitrogens with zero attached hydrogens (tertiary/aromatic N) is 2. The highest BCUT2D eigenvalue weighted by atomic mass is 79.9. The van der Waals surface area contributed by atoms with Gasteiger partial charge < -0.3 is 5.11 Å². The Morgan fingerprint density at radius 3 is 2.79 bits per heavy atom. The summed E-state index contributed by atoms with van der Waals surface area (Å²) < 4.78 is 2.65. The predicted molar refractivity (Wildman–Crippen MR) is 58.0 cm³/mol. The summed E-state index contributed by atoms with van der Waals surface area (Å²) in [5.74, 6) is 0.250. The number of rotatable bonds is 1. The fraction of sp³-hybridized carbons (Fsp3) is 0.100. The molecule has 0 aliphatic carbocycles. The normalized spacial score (nSPS) is 10.4. The standard InChI is InChI=1S/C10H9BrN2O/c1-13-6-9(11)10(12-13)7-3-2-4-8(14)5-7/h2-6,14H,1H3. The van der Waals surface area contributed by atoms with E-state index in [0.29, 0.717) is 0 Å². The van der Waals surface area contributed by atoms with Gasteiger partial charge in [0.15, 0.2) is 0 Å². The second kappa shape index (κ2) is 3.46. The van der Waals surface area contributed by atoms with Gasteiger partial charge in [0.25, 0.3) is 0 Å². The van der Waals surface area contributed by atoms with E-state index in [1.807, 2.05) is 19.3 Å². The number of benzene rings is 1. The van der Waals surface area contributed by atoms with Crippen molar-refractivity contribution < 1.29 is 5.11 Å². The molecule has 72 valence electrons. The van der Waals surface area contributed by atoms with Gasteiger partial charge >= 0.3 is 0 Å². The predicted octanol–water partition coefficient (Wildman–Crippen LogP) is 2.56. The van der Waals surface area contributed by atoms with E-state index in [2.05, 4.69) is 21.0 Å². The van der Waals surface area contributed by atoms with Crippen molar-refractivity contribution in [2.24, 2.45) is 7.05 Å².